The molecule has 1 aliphatic rings. The first-order valence-electron chi connectivity index (χ1n) is 11.7. The van der Waals surface area contributed by atoms with Crippen LogP contribution in [0.3, 0.4) is 0 Å². The van der Waals surface area contributed by atoms with Gasteiger partial charge in [0.1, 0.15) is 5.60 Å². The summed E-state index contributed by atoms with van der Waals surface area (Å²) < 4.78 is 48.7. The molecule has 0 saturated carbocycles. The molecule has 1 heterocycles. The minimum Gasteiger partial charge on any atom is -0.443 e. The number of carbonyl (C=O) groups is 2. The molecule has 1 atom stereocenters. The molecular weight excluding hydrogens is 648 g/mol. The van der Waals surface area contributed by atoms with Gasteiger partial charge in [-0.25, -0.2) is 4.79 Å². The van der Waals surface area contributed by atoms with Gasteiger partial charge in [0, 0.05) is 39.3 Å². The lowest BCUT2D eigenvalue weighted by atomic mass is 9.86. The molecule has 3 rings (SSSR count). The van der Waals surface area contributed by atoms with Gasteiger partial charge < -0.3 is 9.57 Å². The number of alkyl halides is 4. The molecule has 0 fully saturated rings. The number of carbonyl (C=O) groups excluding carboxylic acids is 2. The van der Waals surface area contributed by atoms with Gasteiger partial charge in [-0.1, -0.05) is 62.0 Å². The van der Waals surface area contributed by atoms with E-state index < -0.39 is 29.9 Å². The number of oxime groups is 1. The number of Topliss-reactive ketones (excluding diaryl/α,β-unsaturated/α-hetero) is 1. The van der Waals surface area contributed by atoms with E-state index in [1.807, 2.05) is 0 Å². The van der Waals surface area contributed by atoms with Crippen molar-refractivity contribution >= 4 is 74.0 Å². The van der Waals surface area contributed by atoms with Gasteiger partial charge >= 0.3 is 12.3 Å². The predicted octanol–water partition coefficient (Wildman–Crippen LogP) is 8.71. The Morgan fingerprint density at radius 1 is 1.10 bits per heavy atom. The summed E-state index contributed by atoms with van der Waals surface area (Å²) in [6.07, 6.45) is -5.68. The molecule has 0 bridgehead atoms. The first kappa shape index (κ1) is 31.5. The fourth-order valence-corrected chi connectivity index (χ4v) is 4.86. The average molecular weight is 673 g/mol. The van der Waals surface area contributed by atoms with Crippen LogP contribution in [0.25, 0.3) is 0 Å². The molecule has 1 aliphatic heterocycles. The van der Waals surface area contributed by atoms with E-state index in [1.54, 1.807) is 20.8 Å². The summed E-state index contributed by atoms with van der Waals surface area (Å²) in [5.74, 6) is -0.253. The van der Waals surface area contributed by atoms with Crippen molar-refractivity contribution in [2.75, 3.05) is 16.8 Å². The Labute approximate surface area is 247 Å². The number of benzene rings is 2. The maximum atomic E-state index is 14.4. The molecule has 13 heteroatoms. The Balaban J connectivity index is 2.01. The zero-order chi connectivity index (χ0) is 29.2. The third kappa shape index (κ3) is 7.60. The molecule has 1 amide bonds. The van der Waals surface area contributed by atoms with Crippen molar-refractivity contribution in [2.24, 2.45) is 5.16 Å². The molecule has 0 spiro atoms. The van der Waals surface area contributed by atoms with Crippen LogP contribution in [-0.4, -0.2) is 41.2 Å². The minimum atomic E-state index is -4.88. The fourth-order valence-electron chi connectivity index (χ4n) is 3.83. The Bertz CT molecular complexity index is 1260. The van der Waals surface area contributed by atoms with Crippen LogP contribution in [0.15, 0.2) is 41.6 Å². The van der Waals surface area contributed by atoms with E-state index in [0.29, 0.717) is 11.8 Å². The monoisotopic (exact) mass is 670 g/mol. The SMILES string of the molecule is CC(C)(C)OC(=O)N(CC(=O)CCCBr)c1cc(C2=NOC(c3cc(Cl)cc(Cl)c3)(C(F)(F)F)C2)ccc1Cl. The van der Waals surface area contributed by atoms with E-state index in [2.05, 4.69) is 21.1 Å². The van der Waals surface area contributed by atoms with Gasteiger partial charge in [0.2, 0.25) is 0 Å². The van der Waals surface area contributed by atoms with Crippen molar-refractivity contribution in [2.45, 2.75) is 57.4 Å². The molecule has 0 saturated heterocycles. The number of rotatable bonds is 8. The van der Waals surface area contributed by atoms with Crippen LogP contribution in [0, 0.1) is 0 Å². The number of hydrogen-bond acceptors (Lipinski definition) is 5. The number of amides is 1. The lowest BCUT2D eigenvalue weighted by Crippen LogP contribution is -2.42. The Morgan fingerprint density at radius 2 is 1.74 bits per heavy atom. The molecule has 0 aromatic heterocycles. The van der Waals surface area contributed by atoms with Crippen LogP contribution in [0.4, 0.5) is 23.7 Å². The summed E-state index contributed by atoms with van der Waals surface area (Å²) in [4.78, 5) is 31.8. The Morgan fingerprint density at radius 3 is 2.31 bits per heavy atom. The summed E-state index contributed by atoms with van der Waals surface area (Å²) in [6, 6.07) is 7.78. The van der Waals surface area contributed by atoms with Crippen molar-refractivity contribution in [3.63, 3.8) is 0 Å². The van der Waals surface area contributed by atoms with Crippen molar-refractivity contribution in [3.8, 4) is 0 Å². The largest absolute Gasteiger partial charge is 0.443 e. The zero-order valence-corrected chi connectivity index (χ0v) is 25.0. The summed E-state index contributed by atoms with van der Waals surface area (Å²) in [6.45, 7) is 4.65. The predicted molar refractivity (Wildman–Crippen MR) is 150 cm³/mol. The second kappa shape index (κ2) is 12.2. The standard InChI is InChI=1S/C26H25BrCl3F3N2O4/c1-24(2,3)38-23(37)35(14-19(36)5-4-8-27)22-9-15(6-7-20(22)30)21-13-25(39-34-21,26(31,32)33)16-10-17(28)12-18(29)11-16/h6-7,9-12H,4-5,8,13-14H2,1-3H3. The molecule has 1 unspecified atom stereocenters. The van der Waals surface area contributed by atoms with Crippen LogP contribution in [0.2, 0.25) is 15.1 Å². The highest BCUT2D eigenvalue weighted by atomic mass is 79.9. The molecule has 6 nitrogen and oxygen atoms in total. The van der Waals surface area contributed by atoms with Crippen LogP contribution < -0.4 is 4.90 Å². The van der Waals surface area contributed by atoms with Gasteiger partial charge in [0.25, 0.3) is 5.60 Å². The molecule has 0 aliphatic carbocycles. The van der Waals surface area contributed by atoms with E-state index in [9.17, 15) is 22.8 Å². The summed E-state index contributed by atoms with van der Waals surface area (Å²) in [7, 11) is 0. The number of halogens is 7. The minimum absolute atomic E-state index is 0.00420. The van der Waals surface area contributed by atoms with Crippen LogP contribution in [0.5, 0.6) is 0 Å². The highest BCUT2D eigenvalue weighted by molar-refractivity contribution is 9.09. The first-order chi connectivity index (χ1) is 18.1. The topological polar surface area (TPSA) is 68.2 Å². The first-order valence-corrected chi connectivity index (χ1v) is 14.0. The number of anilines is 1. The van der Waals surface area contributed by atoms with Gasteiger partial charge in [-0.05, 0) is 57.5 Å². The molecule has 2 aromatic rings. The molecule has 212 valence electrons. The number of hydrogen-bond donors (Lipinski definition) is 0. The second-order valence-electron chi connectivity index (χ2n) is 9.85. The number of nitrogens with zero attached hydrogens (tertiary/aromatic N) is 2. The van der Waals surface area contributed by atoms with Crippen molar-refractivity contribution in [1.82, 2.24) is 0 Å². The molecule has 0 N–H and O–H groups in total. The van der Waals surface area contributed by atoms with E-state index in [0.717, 1.165) is 17.0 Å². The highest BCUT2D eigenvalue weighted by Crippen LogP contribution is 2.50. The van der Waals surface area contributed by atoms with Gasteiger partial charge in [-0.15, -0.1) is 0 Å². The fraction of sp³-hybridized carbons (Fsp3) is 0.423. The summed E-state index contributed by atoms with van der Waals surface area (Å²) >= 11 is 21.6. The Hall–Kier alpha value is -2.01. The lowest BCUT2D eigenvalue weighted by molar-refractivity contribution is -0.275. The summed E-state index contributed by atoms with van der Waals surface area (Å²) in [5, 5.41) is 4.45. The van der Waals surface area contributed by atoms with E-state index in [-0.39, 0.29) is 56.3 Å². The lowest BCUT2D eigenvalue weighted by Gasteiger charge is -2.30. The molecule has 2 aromatic carbocycles. The number of ether oxygens (including phenoxy) is 1. The van der Waals surface area contributed by atoms with E-state index >= 15 is 0 Å². The molecular formula is C26H25BrCl3F3N2O4. The quantitative estimate of drug-likeness (QED) is 0.263. The van der Waals surface area contributed by atoms with Gasteiger partial charge in [0.05, 0.1) is 23.0 Å². The summed E-state index contributed by atoms with van der Waals surface area (Å²) in [5.41, 5.74) is -3.81. The molecule has 0 radical (unpaired) electrons. The van der Waals surface area contributed by atoms with Crippen LogP contribution in [0.1, 0.15) is 51.2 Å². The van der Waals surface area contributed by atoms with E-state index in [4.69, 9.17) is 44.4 Å². The highest BCUT2D eigenvalue weighted by Gasteiger charge is 2.62. The van der Waals surface area contributed by atoms with Gasteiger partial charge in [-0.3, -0.25) is 9.69 Å². The van der Waals surface area contributed by atoms with Crippen LogP contribution >= 0.6 is 50.7 Å². The third-order valence-electron chi connectivity index (χ3n) is 5.62. The second-order valence-corrected chi connectivity index (χ2v) is 11.9. The van der Waals surface area contributed by atoms with Crippen molar-refractivity contribution in [1.29, 1.82) is 0 Å². The van der Waals surface area contributed by atoms with Crippen LogP contribution in [-0.2, 0) is 20.0 Å². The maximum Gasteiger partial charge on any atom is 0.435 e. The Kier molecular flexibility index (Phi) is 9.89. The van der Waals surface area contributed by atoms with Crippen molar-refractivity contribution < 1.29 is 32.3 Å². The van der Waals surface area contributed by atoms with Crippen molar-refractivity contribution in [3.05, 3.63) is 62.6 Å². The van der Waals surface area contributed by atoms with Gasteiger partial charge in [0.15, 0.2) is 5.78 Å². The smallest absolute Gasteiger partial charge is 0.435 e. The zero-order valence-electron chi connectivity index (χ0n) is 21.2. The van der Waals surface area contributed by atoms with E-state index in [1.165, 1.54) is 24.3 Å². The normalized spacial score (nSPS) is 17.4. The molecule has 39 heavy (non-hydrogen) atoms. The number of ketones is 1. The maximum absolute atomic E-state index is 14.4. The third-order valence-corrected chi connectivity index (χ3v) is 6.94. The van der Waals surface area contributed by atoms with Gasteiger partial charge in [-0.2, -0.15) is 13.2 Å². The average Bonchev–Trinajstić information content (AvgIpc) is 3.27.